The van der Waals surface area contributed by atoms with Crippen LogP contribution in [-0.2, 0) is 34.9 Å². The van der Waals surface area contributed by atoms with Crippen molar-refractivity contribution in [1.82, 2.24) is 14.5 Å². The molecule has 1 fully saturated rings. The van der Waals surface area contributed by atoms with Crippen molar-refractivity contribution in [1.29, 1.82) is 0 Å². The van der Waals surface area contributed by atoms with E-state index >= 15 is 0 Å². The first-order valence-electron chi connectivity index (χ1n) is 18.7. The highest BCUT2D eigenvalue weighted by Crippen LogP contribution is 2.52. The maximum absolute atomic E-state index is 14.6. The number of amides is 4. The van der Waals surface area contributed by atoms with Gasteiger partial charge in [-0.05, 0) is 67.5 Å². The van der Waals surface area contributed by atoms with Crippen LogP contribution in [0.3, 0.4) is 0 Å². The van der Waals surface area contributed by atoms with Crippen LogP contribution in [-0.4, -0.2) is 70.7 Å². The summed E-state index contributed by atoms with van der Waals surface area (Å²) in [6, 6.07) is 14.8. The van der Waals surface area contributed by atoms with Crippen LogP contribution in [0, 0.1) is 6.92 Å². The Morgan fingerprint density at radius 2 is 1.42 bits per heavy atom. The van der Waals surface area contributed by atoms with Crippen LogP contribution in [0.1, 0.15) is 53.3 Å². The van der Waals surface area contributed by atoms with Crippen molar-refractivity contribution in [2.75, 3.05) is 16.8 Å². The molecule has 5 rings (SSSR count). The number of aryl methyl sites for hydroxylation is 1. The first kappa shape index (κ1) is 43.9. The van der Waals surface area contributed by atoms with Crippen LogP contribution in [0.25, 0.3) is 0 Å². The first-order valence-corrected chi connectivity index (χ1v) is 26.0. The maximum atomic E-state index is 14.6. The summed E-state index contributed by atoms with van der Waals surface area (Å²) in [6.07, 6.45) is -2.78. The van der Waals surface area contributed by atoms with Crippen LogP contribution in [0.2, 0.25) is 36.3 Å². The van der Waals surface area contributed by atoms with E-state index in [0.29, 0.717) is 5.69 Å². The van der Waals surface area contributed by atoms with Gasteiger partial charge in [-0.2, -0.15) is 8.42 Å². The zero-order valence-electron chi connectivity index (χ0n) is 34.7. The molecule has 1 spiro atoms. The minimum atomic E-state index is -4.60. The van der Waals surface area contributed by atoms with E-state index in [1.807, 2.05) is 67.7 Å². The Labute approximate surface area is 336 Å². The monoisotopic (exact) mass is 841 g/mol. The number of ether oxygens (including phenoxy) is 1. The molecule has 0 unspecified atom stereocenters. The number of hydrogen-bond acceptors (Lipinski definition) is 10. The lowest BCUT2D eigenvalue weighted by Gasteiger charge is -2.44. The maximum Gasteiger partial charge on any atom is 0.334 e. The van der Waals surface area contributed by atoms with Gasteiger partial charge in [0.25, 0.3) is 15.7 Å². The quantitative estimate of drug-likeness (QED) is 0.177. The Hall–Kier alpha value is -4.18. The molecule has 2 aliphatic rings. The predicted octanol–water partition coefficient (Wildman–Crippen LogP) is 6.55. The van der Waals surface area contributed by atoms with Crippen LogP contribution in [0.4, 0.5) is 21.0 Å². The number of carbonyl (C=O) groups is 2. The van der Waals surface area contributed by atoms with E-state index in [0.717, 1.165) is 14.9 Å². The Kier molecular flexibility index (Phi) is 12.0. The summed E-state index contributed by atoms with van der Waals surface area (Å²) in [5.74, 6) is 0. The highest BCUT2D eigenvalue weighted by atomic mass is 32.2. The largest absolute Gasteiger partial charge is 0.414 e. The second kappa shape index (κ2) is 15.5. The molecule has 0 radical (unpaired) electrons. The summed E-state index contributed by atoms with van der Waals surface area (Å²) in [5, 5.41) is 5.48. The fraction of sp³-hybridized carbons (Fsp3) is 0.487. The SMILES string of the molecule is Cc1cn([C@@H]2O[C@H](CO[Si](C)(C)C(C)(C)C)[C@@]3(OS(=O)(=O)C=C3NC(=O)N(C(=O)Nc3ccccc3)c3ccccc3)[C@H]2O[Si](C)(C)C(C)(C)C)c(=O)n(C)c1=O. The number of carbonyl (C=O) groups excluding carboxylic acids is 2. The minimum Gasteiger partial charge on any atom is -0.414 e. The Morgan fingerprint density at radius 1 is 0.877 bits per heavy atom. The Morgan fingerprint density at radius 3 is 1.98 bits per heavy atom. The Bertz CT molecular complexity index is 2270. The standard InChI is InChI=1S/C39H55N5O10SSi2/c1-26-23-43(36(48)42(8)32(26)45)33-31(53-57(11,12)38(5,6)7)39(30(52-33)24-51-56(9,10)37(2,3)4)29(25-55(49,50)54-39)41-35(47)44(28-21-17-14-18-22-28)34(46)40-27-19-15-13-16-20-27/h13-23,25,30-31,33H,24H2,1-12H3,(H,40,46)(H,41,47)/t30-,31+,33-,39-/m1/s1. The number of urea groups is 2. The lowest BCUT2D eigenvalue weighted by molar-refractivity contribution is -0.0571. The highest BCUT2D eigenvalue weighted by molar-refractivity contribution is 7.90. The van der Waals surface area contributed by atoms with Crippen molar-refractivity contribution >= 4 is 50.2 Å². The summed E-state index contributed by atoms with van der Waals surface area (Å²) < 4.78 is 56.5. The summed E-state index contributed by atoms with van der Waals surface area (Å²) in [6.45, 7) is 21.4. The molecular weight excluding hydrogens is 787 g/mol. The summed E-state index contributed by atoms with van der Waals surface area (Å²) in [4.78, 5) is 56.2. The van der Waals surface area contributed by atoms with E-state index in [1.54, 1.807) is 67.6 Å². The van der Waals surface area contributed by atoms with E-state index in [4.69, 9.17) is 17.8 Å². The van der Waals surface area contributed by atoms with Gasteiger partial charge in [0.1, 0.15) is 12.2 Å². The van der Waals surface area contributed by atoms with Gasteiger partial charge in [0.2, 0.25) is 0 Å². The molecule has 3 aromatic rings. The number of rotatable bonds is 9. The number of imide groups is 1. The second-order valence-corrected chi connectivity index (χ2v) is 28.5. The molecule has 2 aromatic carbocycles. The molecule has 4 atom stereocenters. The fourth-order valence-electron chi connectivity index (χ4n) is 6.11. The normalized spacial score (nSPS) is 22.3. The first-order chi connectivity index (χ1) is 26.2. The molecule has 57 heavy (non-hydrogen) atoms. The fourth-order valence-corrected chi connectivity index (χ4v) is 9.64. The third-order valence-electron chi connectivity index (χ3n) is 11.5. The number of aromatic nitrogens is 2. The third-order valence-corrected chi connectivity index (χ3v) is 21.5. The van der Waals surface area contributed by atoms with Gasteiger partial charge in [-0.1, -0.05) is 77.9 Å². The molecule has 1 aromatic heterocycles. The molecule has 0 aliphatic carbocycles. The van der Waals surface area contributed by atoms with Crippen LogP contribution in [0.15, 0.2) is 87.6 Å². The van der Waals surface area contributed by atoms with E-state index in [9.17, 15) is 27.6 Å². The van der Waals surface area contributed by atoms with E-state index in [-0.39, 0.29) is 28.6 Å². The van der Waals surface area contributed by atoms with Crippen LogP contribution < -0.4 is 26.8 Å². The van der Waals surface area contributed by atoms with Crippen molar-refractivity contribution in [3.8, 4) is 0 Å². The summed E-state index contributed by atoms with van der Waals surface area (Å²) in [5.41, 5.74) is -2.92. The van der Waals surface area contributed by atoms with Crippen molar-refractivity contribution in [2.45, 2.75) is 109 Å². The van der Waals surface area contributed by atoms with Crippen molar-refractivity contribution in [3.63, 3.8) is 0 Å². The van der Waals surface area contributed by atoms with Crippen molar-refractivity contribution < 1.29 is 35.8 Å². The number of hydrogen-bond donors (Lipinski definition) is 2. The summed E-state index contributed by atoms with van der Waals surface area (Å²) in [7, 11) is -8.79. The zero-order chi connectivity index (χ0) is 42.5. The number of para-hydroxylation sites is 2. The third kappa shape index (κ3) is 8.67. The number of anilines is 2. The van der Waals surface area contributed by atoms with Crippen molar-refractivity contribution in [3.05, 3.63) is 104 Å². The highest BCUT2D eigenvalue weighted by Gasteiger charge is 2.68. The molecule has 310 valence electrons. The molecule has 0 saturated carbocycles. The second-order valence-electron chi connectivity index (χ2n) is 17.5. The molecule has 0 bridgehead atoms. The van der Waals surface area contributed by atoms with Gasteiger partial charge in [-0.25, -0.2) is 23.5 Å². The van der Waals surface area contributed by atoms with Gasteiger partial charge in [0.05, 0.1) is 23.4 Å². The lowest BCUT2D eigenvalue weighted by Crippen LogP contribution is -2.61. The average molecular weight is 842 g/mol. The number of nitrogens with zero attached hydrogens (tertiary/aromatic N) is 3. The molecule has 3 heterocycles. The van der Waals surface area contributed by atoms with Crippen LogP contribution >= 0.6 is 0 Å². The topological polar surface area (TPSA) is 176 Å². The van der Waals surface area contributed by atoms with Gasteiger partial charge >= 0.3 is 17.8 Å². The van der Waals surface area contributed by atoms with Gasteiger partial charge < -0.3 is 24.2 Å². The van der Waals surface area contributed by atoms with Crippen LogP contribution in [0.5, 0.6) is 0 Å². The zero-order valence-corrected chi connectivity index (χ0v) is 37.5. The minimum absolute atomic E-state index is 0.180. The van der Waals surface area contributed by atoms with E-state index < -0.39 is 79.1 Å². The molecule has 15 nitrogen and oxygen atoms in total. The molecule has 18 heteroatoms. The number of benzene rings is 2. The van der Waals surface area contributed by atoms with Gasteiger partial charge in [0, 0.05) is 24.5 Å². The van der Waals surface area contributed by atoms with Crippen molar-refractivity contribution in [2.24, 2.45) is 7.05 Å². The molecular formula is C39H55N5O10SSi2. The summed E-state index contributed by atoms with van der Waals surface area (Å²) >= 11 is 0. The van der Waals surface area contributed by atoms with Gasteiger partial charge in [-0.3, -0.25) is 13.9 Å². The van der Waals surface area contributed by atoms with E-state index in [1.165, 1.54) is 17.8 Å². The molecule has 2 aliphatic heterocycles. The van der Waals surface area contributed by atoms with Gasteiger partial charge in [-0.15, -0.1) is 0 Å². The lowest BCUT2D eigenvalue weighted by atomic mass is 9.89. The molecule has 4 amide bonds. The number of nitrogens with one attached hydrogen (secondary N) is 2. The molecule has 1 saturated heterocycles. The average Bonchev–Trinajstić information content (AvgIpc) is 3.54. The smallest absolute Gasteiger partial charge is 0.334 e. The van der Waals surface area contributed by atoms with Gasteiger partial charge in [0.15, 0.2) is 28.5 Å². The van der Waals surface area contributed by atoms with E-state index in [2.05, 4.69) is 10.6 Å². The predicted molar refractivity (Wildman–Crippen MR) is 224 cm³/mol. The Balaban J connectivity index is 1.73. The molecule has 2 N–H and O–H groups in total.